The molecule has 0 aromatic carbocycles. The molecule has 1 aliphatic rings. The van der Waals surface area contributed by atoms with Crippen molar-refractivity contribution in [2.75, 3.05) is 10.8 Å². The summed E-state index contributed by atoms with van der Waals surface area (Å²) in [5, 5.41) is 2.24. The monoisotopic (exact) mass is 206 g/mol. The summed E-state index contributed by atoms with van der Waals surface area (Å²) in [6, 6.07) is 6.04. The quantitative estimate of drug-likeness (QED) is 0.739. The van der Waals surface area contributed by atoms with Crippen molar-refractivity contribution in [1.29, 1.82) is 0 Å². The Morgan fingerprint density at radius 2 is 2.29 bits per heavy atom. The second-order valence-corrected chi connectivity index (χ2v) is 4.44. The van der Waals surface area contributed by atoms with Crippen LogP contribution < -0.4 is 4.90 Å². The molecule has 0 N–H and O–H groups in total. The fourth-order valence-electron chi connectivity index (χ4n) is 1.49. The van der Waals surface area contributed by atoms with E-state index in [-0.39, 0.29) is 0 Å². The number of pyridine rings is 1. The summed E-state index contributed by atoms with van der Waals surface area (Å²) in [6.07, 6.45) is 1.84. The minimum absolute atomic E-state index is 0.562. The standard InChI is InChI=1S/C11H14N2S/c1-9(2)10-7-14-8-13(10)11-5-3-4-6-12-11/h3-7,9H,8H2,1-2H3. The first kappa shape index (κ1) is 9.59. The van der Waals surface area contributed by atoms with Crippen LogP contribution in [0.3, 0.4) is 0 Å². The molecule has 0 saturated heterocycles. The Kier molecular flexibility index (Phi) is 2.77. The number of hydrogen-bond donors (Lipinski definition) is 0. The molecule has 0 amide bonds. The fraction of sp³-hybridized carbons (Fsp3) is 0.364. The largest absolute Gasteiger partial charge is 0.319 e. The lowest BCUT2D eigenvalue weighted by molar-refractivity contribution is 0.734. The second-order valence-electron chi connectivity index (χ2n) is 3.61. The van der Waals surface area contributed by atoms with Crippen molar-refractivity contribution in [3.63, 3.8) is 0 Å². The van der Waals surface area contributed by atoms with Gasteiger partial charge in [0.25, 0.3) is 0 Å². The van der Waals surface area contributed by atoms with Crippen LogP contribution in [0.4, 0.5) is 5.82 Å². The van der Waals surface area contributed by atoms with E-state index in [4.69, 9.17) is 0 Å². The van der Waals surface area contributed by atoms with E-state index in [1.165, 1.54) is 5.70 Å². The normalized spacial score (nSPS) is 16.2. The highest BCUT2D eigenvalue weighted by Gasteiger charge is 2.20. The van der Waals surface area contributed by atoms with Crippen LogP contribution in [0.5, 0.6) is 0 Å². The molecule has 1 aromatic heterocycles. The molecule has 0 saturated carbocycles. The van der Waals surface area contributed by atoms with E-state index in [0.29, 0.717) is 5.92 Å². The average Bonchev–Trinajstić information content (AvgIpc) is 2.67. The minimum Gasteiger partial charge on any atom is -0.319 e. The first-order valence-corrected chi connectivity index (χ1v) is 5.84. The fourth-order valence-corrected chi connectivity index (χ4v) is 2.57. The summed E-state index contributed by atoms with van der Waals surface area (Å²) in [7, 11) is 0. The number of allylic oxidation sites excluding steroid dienone is 1. The molecule has 0 unspecified atom stereocenters. The van der Waals surface area contributed by atoms with Gasteiger partial charge < -0.3 is 4.90 Å². The third-order valence-corrected chi connectivity index (χ3v) is 3.05. The van der Waals surface area contributed by atoms with Crippen LogP contribution in [0.1, 0.15) is 13.8 Å². The van der Waals surface area contributed by atoms with Gasteiger partial charge >= 0.3 is 0 Å². The van der Waals surface area contributed by atoms with E-state index in [9.17, 15) is 0 Å². The second kappa shape index (κ2) is 4.05. The lowest BCUT2D eigenvalue weighted by Gasteiger charge is -2.22. The number of rotatable bonds is 2. The molecule has 14 heavy (non-hydrogen) atoms. The molecule has 0 aliphatic carbocycles. The highest BCUT2D eigenvalue weighted by molar-refractivity contribution is 8.02. The van der Waals surface area contributed by atoms with Gasteiger partial charge in [0.1, 0.15) is 5.82 Å². The highest BCUT2D eigenvalue weighted by Crippen LogP contribution is 2.31. The van der Waals surface area contributed by atoms with Crippen molar-refractivity contribution in [2.45, 2.75) is 13.8 Å². The van der Waals surface area contributed by atoms with Crippen molar-refractivity contribution in [2.24, 2.45) is 5.92 Å². The molecule has 0 bridgehead atoms. The zero-order valence-electron chi connectivity index (χ0n) is 8.47. The van der Waals surface area contributed by atoms with Crippen LogP contribution in [0.15, 0.2) is 35.5 Å². The summed E-state index contributed by atoms with van der Waals surface area (Å²) in [6.45, 7) is 4.43. The first-order chi connectivity index (χ1) is 6.79. The van der Waals surface area contributed by atoms with Gasteiger partial charge in [-0.25, -0.2) is 4.98 Å². The predicted molar refractivity (Wildman–Crippen MR) is 62.1 cm³/mol. The van der Waals surface area contributed by atoms with Gasteiger partial charge in [-0.2, -0.15) is 0 Å². The molecule has 0 radical (unpaired) electrons. The molecular formula is C11H14N2S. The molecular weight excluding hydrogens is 192 g/mol. The van der Waals surface area contributed by atoms with Gasteiger partial charge in [-0.3, -0.25) is 0 Å². The van der Waals surface area contributed by atoms with Crippen molar-refractivity contribution in [1.82, 2.24) is 4.98 Å². The van der Waals surface area contributed by atoms with Crippen molar-refractivity contribution in [3.8, 4) is 0 Å². The van der Waals surface area contributed by atoms with E-state index in [1.54, 1.807) is 0 Å². The summed E-state index contributed by atoms with van der Waals surface area (Å²) >= 11 is 1.84. The Morgan fingerprint density at radius 1 is 1.43 bits per heavy atom. The number of anilines is 1. The lowest BCUT2D eigenvalue weighted by Crippen LogP contribution is -2.21. The van der Waals surface area contributed by atoms with Gasteiger partial charge in [-0.05, 0) is 23.5 Å². The van der Waals surface area contributed by atoms with Gasteiger partial charge in [0, 0.05) is 11.9 Å². The molecule has 0 fully saturated rings. The Balaban J connectivity index is 2.24. The van der Waals surface area contributed by atoms with Crippen molar-refractivity contribution in [3.05, 3.63) is 35.5 Å². The SMILES string of the molecule is CC(C)C1=CSCN1c1ccccn1. The zero-order chi connectivity index (χ0) is 9.97. The third-order valence-electron chi connectivity index (χ3n) is 2.24. The minimum atomic E-state index is 0.562. The summed E-state index contributed by atoms with van der Waals surface area (Å²) in [4.78, 5) is 6.64. The summed E-state index contributed by atoms with van der Waals surface area (Å²) in [5.41, 5.74) is 1.37. The Morgan fingerprint density at radius 3 is 2.93 bits per heavy atom. The number of hydrogen-bond acceptors (Lipinski definition) is 3. The summed E-state index contributed by atoms with van der Waals surface area (Å²) < 4.78 is 0. The Bertz CT molecular complexity index is 332. The smallest absolute Gasteiger partial charge is 0.133 e. The first-order valence-electron chi connectivity index (χ1n) is 4.79. The number of nitrogens with zero attached hydrogens (tertiary/aromatic N) is 2. The van der Waals surface area contributed by atoms with Crippen molar-refractivity contribution >= 4 is 17.6 Å². The van der Waals surface area contributed by atoms with Crippen LogP contribution in [0.25, 0.3) is 0 Å². The van der Waals surface area contributed by atoms with Crippen LogP contribution in [-0.4, -0.2) is 10.9 Å². The molecule has 2 rings (SSSR count). The molecule has 1 aromatic rings. The van der Waals surface area contributed by atoms with E-state index in [2.05, 4.69) is 35.2 Å². The maximum Gasteiger partial charge on any atom is 0.133 e. The van der Waals surface area contributed by atoms with E-state index in [0.717, 1.165) is 11.7 Å². The van der Waals surface area contributed by atoms with Crippen molar-refractivity contribution < 1.29 is 0 Å². The zero-order valence-corrected chi connectivity index (χ0v) is 9.29. The Hall–Kier alpha value is -0.960. The maximum atomic E-state index is 4.37. The molecule has 3 heteroatoms. The number of aromatic nitrogens is 1. The molecule has 74 valence electrons. The van der Waals surface area contributed by atoms with E-state index in [1.807, 2.05) is 30.1 Å². The van der Waals surface area contributed by atoms with Crippen LogP contribution in [-0.2, 0) is 0 Å². The Labute approximate surface area is 89.0 Å². The highest BCUT2D eigenvalue weighted by atomic mass is 32.2. The molecule has 0 atom stereocenters. The molecule has 1 aliphatic heterocycles. The van der Waals surface area contributed by atoms with Gasteiger partial charge in [0.05, 0.1) is 5.88 Å². The van der Waals surface area contributed by atoms with E-state index < -0.39 is 0 Å². The maximum absolute atomic E-state index is 4.37. The van der Waals surface area contributed by atoms with Gasteiger partial charge in [-0.15, -0.1) is 11.8 Å². The number of thioether (sulfide) groups is 1. The third kappa shape index (κ3) is 1.77. The summed E-state index contributed by atoms with van der Waals surface area (Å²) in [5.74, 6) is 2.61. The molecule has 2 nitrogen and oxygen atoms in total. The molecule has 0 spiro atoms. The van der Waals surface area contributed by atoms with E-state index >= 15 is 0 Å². The van der Waals surface area contributed by atoms with Crippen LogP contribution >= 0.6 is 11.8 Å². The van der Waals surface area contributed by atoms with Gasteiger partial charge in [-0.1, -0.05) is 19.9 Å². The predicted octanol–water partition coefficient (Wildman–Crippen LogP) is 3.09. The topological polar surface area (TPSA) is 16.1 Å². The van der Waals surface area contributed by atoms with Crippen LogP contribution in [0, 0.1) is 5.92 Å². The lowest BCUT2D eigenvalue weighted by atomic mass is 10.1. The average molecular weight is 206 g/mol. The van der Waals surface area contributed by atoms with Gasteiger partial charge in [0.15, 0.2) is 0 Å². The van der Waals surface area contributed by atoms with Crippen LogP contribution in [0.2, 0.25) is 0 Å². The van der Waals surface area contributed by atoms with Gasteiger partial charge in [0.2, 0.25) is 0 Å². The molecule has 2 heterocycles.